The fraction of sp³-hybridized carbons (Fsp3) is 0.353. The molecule has 0 saturated carbocycles. The maximum absolute atomic E-state index is 11.5. The van der Waals surface area contributed by atoms with Gasteiger partial charge in [-0.15, -0.1) is 0 Å². The average Bonchev–Trinajstić information content (AvgIpc) is 3.59. The van der Waals surface area contributed by atoms with Gasteiger partial charge in [0.05, 0.1) is 28.9 Å². The number of allylic oxidation sites excluding steroid dienone is 4. The van der Waals surface area contributed by atoms with Crippen LogP contribution in [0, 0.1) is 13.8 Å². The third kappa shape index (κ3) is 5.64. The van der Waals surface area contributed by atoms with E-state index >= 15 is 0 Å². The summed E-state index contributed by atoms with van der Waals surface area (Å²) in [4.78, 5) is 40.1. The smallest absolute Gasteiger partial charge is 0.303 e. The molecule has 0 fully saturated rings. The number of aliphatic hydroxyl groups excluding tert-OH is 1. The van der Waals surface area contributed by atoms with Crippen LogP contribution in [0.25, 0.3) is 44.4 Å². The van der Waals surface area contributed by atoms with E-state index in [1.807, 2.05) is 39.0 Å². The van der Waals surface area contributed by atoms with Crippen molar-refractivity contribution in [2.24, 2.45) is 0 Å². The number of nitrogens with zero attached hydrogens (tertiary/aromatic N) is 2. The summed E-state index contributed by atoms with van der Waals surface area (Å²) in [5.41, 5.74) is 13.6. The largest absolute Gasteiger partial charge is 0.481 e. The van der Waals surface area contributed by atoms with Crippen LogP contribution in [0.1, 0.15) is 105 Å². The second kappa shape index (κ2) is 11.6. The van der Waals surface area contributed by atoms with Crippen LogP contribution in [-0.2, 0) is 16.0 Å². The SMILES string of the molecule is CCc1c(C)c2cc3nc(cc4nc(cc5[nH]c(cc1[nH]2)c(C)c5C(C)O)C(C)=C4CCC(=O)O)C(CCC(=O)O)=C3C. The molecule has 1 unspecified atom stereocenters. The molecule has 0 amide bonds. The van der Waals surface area contributed by atoms with Gasteiger partial charge < -0.3 is 25.3 Å². The van der Waals surface area contributed by atoms with Gasteiger partial charge in [0.1, 0.15) is 0 Å². The van der Waals surface area contributed by atoms with E-state index < -0.39 is 18.0 Å². The van der Waals surface area contributed by atoms with Gasteiger partial charge in [-0.1, -0.05) is 6.92 Å². The van der Waals surface area contributed by atoms with Gasteiger partial charge in [-0.25, -0.2) is 9.97 Å². The normalized spacial score (nSPS) is 14.0. The van der Waals surface area contributed by atoms with Crippen molar-refractivity contribution in [1.82, 2.24) is 19.9 Å². The van der Waals surface area contributed by atoms with Gasteiger partial charge >= 0.3 is 11.9 Å². The monoisotopic (exact) mass is 582 g/mol. The van der Waals surface area contributed by atoms with Crippen molar-refractivity contribution in [2.75, 3.05) is 0 Å². The van der Waals surface area contributed by atoms with Gasteiger partial charge in [0.15, 0.2) is 0 Å². The fourth-order valence-electron chi connectivity index (χ4n) is 6.27. The second-order valence-corrected chi connectivity index (χ2v) is 11.4. The van der Waals surface area contributed by atoms with Crippen molar-refractivity contribution < 1.29 is 24.9 Å². The summed E-state index contributed by atoms with van der Waals surface area (Å²) in [5.74, 6) is -1.79. The molecule has 0 aromatic carbocycles. The quantitative estimate of drug-likeness (QED) is 0.189. The van der Waals surface area contributed by atoms with Crippen LogP contribution in [-0.4, -0.2) is 47.2 Å². The van der Waals surface area contributed by atoms with Gasteiger partial charge in [0, 0.05) is 40.5 Å². The third-order valence-electron chi connectivity index (χ3n) is 8.67. The summed E-state index contributed by atoms with van der Waals surface area (Å²) in [6.45, 7) is 11.8. The maximum atomic E-state index is 11.5. The molecule has 0 radical (unpaired) electrons. The molecule has 3 aromatic rings. The van der Waals surface area contributed by atoms with E-state index in [1.165, 1.54) is 5.56 Å². The number of aliphatic hydroxyl groups is 1. The molecule has 5 N–H and O–H groups in total. The Morgan fingerprint density at radius 2 is 1.21 bits per heavy atom. The highest BCUT2D eigenvalue weighted by Crippen LogP contribution is 2.38. The Kier molecular flexibility index (Phi) is 8.12. The number of hydrogen-bond acceptors (Lipinski definition) is 5. The first-order valence-electron chi connectivity index (χ1n) is 14.7. The number of aryl methyl sites for hydroxylation is 3. The van der Waals surface area contributed by atoms with E-state index in [2.05, 4.69) is 29.9 Å². The van der Waals surface area contributed by atoms with Gasteiger partial charge in [0.25, 0.3) is 0 Å². The van der Waals surface area contributed by atoms with E-state index in [0.29, 0.717) is 23.5 Å². The molecule has 5 rings (SSSR count). The highest BCUT2D eigenvalue weighted by Gasteiger charge is 2.23. The maximum Gasteiger partial charge on any atom is 0.303 e. The highest BCUT2D eigenvalue weighted by molar-refractivity contribution is 5.96. The van der Waals surface area contributed by atoms with Gasteiger partial charge in [-0.2, -0.15) is 0 Å². The topological polar surface area (TPSA) is 152 Å². The minimum atomic E-state index is -0.903. The number of nitrogens with one attached hydrogen (secondary N) is 2. The van der Waals surface area contributed by atoms with Gasteiger partial charge in [-0.3, -0.25) is 9.59 Å². The van der Waals surface area contributed by atoms with Crippen molar-refractivity contribution in [3.05, 3.63) is 69.3 Å². The molecule has 9 heteroatoms. The number of aliphatic carboxylic acids is 2. The Balaban J connectivity index is 1.93. The molecule has 9 nitrogen and oxygen atoms in total. The third-order valence-corrected chi connectivity index (χ3v) is 8.67. The van der Waals surface area contributed by atoms with Crippen LogP contribution in [0.2, 0.25) is 0 Å². The first-order chi connectivity index (χ1) is 20.4. The van der Waals surface area contributed by atoms with Crippen LogP contribution in [0.15, 0.2) is 24.3 Å². The van der Waals surface area contributed by atoms with Crippen molar-refractivity contribution in [2.45, 2.75) is 79.8 Å². The summed E-state index contributed by atoms with van der Waals surface area (Å²) >= 11 is 0. The van der Waals surface area contributed by atoms with E-state index in [9.17, 15) is 24.9 Å². The fourth-order valence-corrected chi connectivity index (χ4v) is 6.27. The number of rotatable bonds is 8. The summed E-state index contributed by atoms with van der Waals surface area (Å²) < 4.78 is 0. The molecular weight excluding hydrogens is 544 g/mol. The molecule has 8 bridgehead atoms. The molecule has 0 aliphatic carbocycles. The van der Waals surface area contributed by atoms with Crippen molar-refractivity contribution in [3.63, 3.8) is 0 Å². The van der Waals surface area contributed by atoms with Gasteiger partial charge in [0.2, 0.25) is 0 Å². The molecular formula is C34H38N4O5. The lowest BCUT2D eigenvalue weighted by atomic mass is 9.98. The lowest BCUT2D eigenvalue weighted by Crippen LogP contribution is -1.97. The van der Waals surface area contributed by atoms with Crippen LogP contribution in [0.5, 0.6) is 0 Å². The number of aromatic amines is 2. The molecule has 224 valence electrons. The van der Waals surface area contributed by atoms with Gasteiger partial charge in [-0.05, 0) is 117 Å². The Morgan fingerprint density at radius 1 is 0.721 bits per heavy atom. The Hall–Kier alpha value is -4.50. The minimum absolute atomic E-state index is 0.0395. The molecule has 2 aliphatic rings. The van der Waals surface area contributed by atoms with Crippen LogP contribution >= 0.6 is 0 Å². The average molecular weight is 583 g/mol. The predicted molar refractivity (Wildman–Crippen MR) is 169 cm³/mol. The summed E-state index contributed by atoms with van der Waals surface area (Å²) in [6.07, 6.45) is 0.583. The Bertz CT molecular complexity index is 1890. The number of H-pyrrole nitrogens is 2. The summed E-state index contributed by atoms with van der Waals surface area (Å²) in [7, 11) is 0. The zero-order chi connectivity index (χ0) is 31.2. The van der Waals surface area contributed by atoms with Crippen molar-refractivity contribution in [3.8, 4) is 0 Å². The number of carboxylic acid groups (broad SMARTS) is 2. The molecule has 1 atom stereocenters. The second-order valence-electron chi connectivity index (χ2n) is 11.4. The number of carbonyl (C=O) groups is 2. The van der Waals surface area contributed by atoms with E-state index in [4.69, 9.17) is 9.97 Å². The Labute approximate surface area is 250 Å². The number of carboxylic acids is 2. The van der Waals surface area contributed by atoms with E-state index in [-0.39, 0.29) is 19.3 Å². The highest BCUT2D eigenvalue weighted by atomic mass is 16.4. The minimum Gasteiger partial charge on any atom is -0.481 e. The van der Waals surface area contributed by atoms with Crippen molar-refractivity contribution in [1.29, 1.82) is 0 Å². The lowest BCUT2D eigenvalue weighted by molar-refractivity contribution is -0.137. The number of fused-ring (bicyclic) bond motifs is 8. The molecule has 2 aliphatic heterocycles. The molecule has 43 heavy (non-hydrogen) atoms. The summed E-state index contributed by atoms with van der Waals surface area (Å²) in [6, 6.07) is 7.85. The standard InChI is InChI=1S/C34H38N4O5/c1-7-21-16(2)24-12-25-17(3)22(8-10-32(40)41)29(36-25)15-30-23(9-11-33(42)43)18(4)26(37-30)14-31-34(20(6)39)19(5)27(38-31)13-28(21)35-24/h12-15,20,35,38-39H,7-11H2,1-6H3,(H,40,41)(H,42,43). The molecule has 5 heterocycles. The number of hydrogen-bond donors (Lipinski definition) is 5. The first kappa shape index (κ1) is 30.0. The zero-order valence-corrected chi connectivity index (χ0v) is 25.5. The molecule has 0 saturated heterocycles. The van der Waals surface area contributed by atoms with E-state index in [1.54, 1.807) is 6.92 Å². The molecule has 0 spiro atoms. The summed E-state index contributed by atoms with van der Waals surface area (Å²) in [5, 5.41) is 29.7. The van der Waals surface area contributed by atoms with Crippen LogP contribution < -0.4 is 0 Å². The van der Waals surface area contributed by atoms with Crippen molar-refractivity contribution >= 4 is 56.3 Å². The van der Waals surface area contributed by atoms with E-state index in [0.717, 1.165) is 73.2 Å². The van der Waals surface area contributed by atoms with Crippen LogP contribution in [0.3, 0.4) is 0 Å². The predicted octanol–water partition coefficient (Wildman–Crippen LogP) is 7.14. The van der Waals surface area contributed by atoms with Crippen LogP contribution in [0.4, 0.5) is 0 Å². The zero-order valence-electron chi connectivity index (χ0n) is 25.5. The number of aromatic nitrogens is 4. The first-order valence-corrected chi connectivity index (χ1v) is 14.7. The Morgan fingerprint density at radius 3 is 1.70 bits per heavy atom. The lowest BCUT2D eigenvalue weighted by Gasteiger charge is -2.05. The molecule has 3 aromatic heterocycles.